The minimum atomic E-state index is -0.508. The van der Waals surface area contributed by atoms with E-state index in [2.05, 4.69) is 61.7 Å². The molecule has 6 aromatic rings. The van der Waals surface area contributed by atoms with Gasteiger partial charge in [-0.3, -0.25) is 4.90 Å². The van der Waals surface area contributed by atoms with E-state index in [0.717, 1.165) is 87.3 Å². The molecule has 4 aromatic carbocycles. The van der Waals surface area contributed by atoms with E-state index in [4.69, 9.17) is 9.47 Å². The number of aromatic amines is 2. The number of rotatable bonds is 5. The van der Waals surface area contributed by atoms with Gasteiger partial charge in [-0.1, -0.05) is 36.4 Å². The Labute approximate surface area is 291 Å². The summed E-state index contributed by atoms with van der Waals surface area (Å²) < 4.78 is 10.9. The number of methoxy groups -OCH3 is 1. The Hall–Kier alpha value is -5.35. The summed E-state index contributed by atoms with van der Waals surface area (Å²) in [5.41, 5.74) is 3.64. The van der Waals surface area contributed by atoms with E-state index in [0.29, 0.717) is 18.3 Å². The first-order valence-corrected chi connectivity index (χ1v) is 17.3. The summed E-state index contributed by atoms with van der Waals surface area (Å²) in [5, 5.41) is 17.4. The second-order valence-corrected chi connectivity index (χ2v) is 14.0. The molecule has 2 fully saturated rings. The molecule has 0 unspecified atom stereocenters. The summed E-state index contributed by atoms with van der Waals surface area (Å²) in [6.07, 6.45) is 7.63. The van der Waals surface area contributed by atoms with E-state index in [1.54, 1.807) is 24.1 Å². The molecular weight excluding hydrogens is 628 g/mol. The SMILES string of the molecule is COc1ccc2cc(-c3cnc([C@@H]4CCCN4C(=O)OC(C)(C)C)[nH]3)ccc2c1.Oc1ccc2cc(-c3cnc([C@@H]4CCCN4)[nH]3)ccc2c1. The number of fused-ring (bicyclic) bond motifs is 2. The Kier molecular flexibility index (Phi) is 9.20. The fraction of sp³-hybridized carbons (Fsp3) is 0.325. The van der Waals surface area contributed by atoms with Gasteiger partial charge in [-0.25, -0.2) is 14.8 Å². The average Bonchev–Trinajstić information content (AvgIpc) is 3.94. The topological polar surface area (TPSA) is 128 Å². The number of nitrogens with one attached hydrogen (secondary N) is 3. The van der Waals surface area contributed by atoms with Gasteiger partial charge in [0.15, 0.2) is 0 Å². The molecule has 0 spiro atoms. The average molecular weight is 673 g/mol. The normalized spacial score (nSPS) is 17.6. The Morgan fingerprint density at radius 3 is 2.08 bits per heavy atom. The number of amides is 1. The lowest BCUT2D eigenvalue weighted by Gasteiger charge is -2.27. The summed E-state index contributed by atoms with van der Waals surface area (Å²) >= 11 is 0. The molecule has 258 valence electrons. The van der Waals surface area contributed by atoms with Crippen molar-refractivity contribution >= 4 is 27.6 Å². The van der Waals surface area contributed by atoms with Gasteiger partial charge in [0.2, 0.25) is 0 Å². The summed E-state index contributed by atoms with van der Waals surface area (Å²) in [6, 6.07) is 24.2. The molecular formula is C40H44N6O4. The van der Waals surface area contributed by atoms with Crippen molar-refractivity contribution in [3.8, 4) is 34.0 Å². The van der Waals surface area contributed by atoms with Crippen LogP contribution in [0.5, 0.6) is 11.5 Å². The molecule has 10 nitrogen and oxygen atoms in total. The van der Waals surface area contributed by atoms with Gasteiger partial charge in [0.1, 0.15) is 28.7 Å². The van der Waals surface area contributed by atoms with Crippen molar-refractivity contribution in [1.29, 1.82) is 0 Å². The molecule has 10 heteroatoms. The number of hydrogen-bond donors (Lipinski definition) is 4. The molecule has 4 N–H and O–H groups in total. The van der Waals surface area contributed by atoms with E-state index >= 15 is 0 Å². The van der Waals surface area contributed by atoms with Crippen LogP contribution in [0.3, 0.4) is 0 Å². The number of carbonyl (C=O) groups is 1. The van der Waals surface area contributed by atoms with Crippen LogP contribution in [0.2, 0.25) is 0 Å². The first-order valence-electron chi connectivity index (χ1n) is 17.3. The van der Waals surface area contributed by atoms with Crippen molar-refractivity contribution in [3.63, 3.8) is 0 Å². The molecule has 4 heterocycles. The standard InChI is InChI=1S/C23H27N3O3.C17H17N3O/c1-23(2,3)29-22(27)26-11-5-6-20(26)21-24-14-19(25-21)17-8-7-16-13-18(28-4)10-9-15(16)12-17;21-14-6-5-11-8-13(4-3-12(11)9-14)16-10-19-17(20-16)15-2-1-7-18-15/h7-10,12-14,20H,5-6,11H2,1-4H3,(H,24,25);3-6,8-10,15,18,21H,1-2,7H2,(H,19,20)/t20-;15-/m00/s1. The third kappa shape index (κ3) is 7.30. The van der Waals surface area contributed by atoms with E-state index < -0.39 is 5.60 Å². The number of phenols is 1. The zero-order valence-electron chi connectivity index (χ0n) is 29.0. The van der Waals surface area contributed by atoms with Gasteiger partial charge in [-0.05, 0) is 111 Å². The zero-order valence-corrected chi connectivity index (χ0v) is 29.0. The van der Waals surface area contributed by atoms with Gasteiger partial charge >= 0.3 is 6.09 Å². The lowest BCUT2D eigenvalue weighted by atomic mass is 10.1. The molecule has 0 aliphatic carbocycles. The van der Waals surface area contributed by atoms with Gasteiger partial charge in [0.25, 0.3) is 0 Å². The first-order chi connectivity index (χ1) is 24.1. The summed E-state index contributed by atoms with van der Waals surface area (Å²) in [6.45, 7) is 7.41. The lowest BCUT2D eigenvalue weighted by Crippen LogP contribution is -2.36. The Balaban J connectivity index is 0.000000165. The van der Waals surface area contributed by atoms with Crippen LogP contribution in [0.4, 0.5) is 4.79 Å². The highest BCUT2D eigenvalue weighted by Gasteiger charge is 2.34. The van der Waals surface area contributed by atoms with E-state index in [9.17, 15) is 9.90 Å². The summed E-state index contributed by atoms with van der Waals surface area (Å²) in [5.74, 6) is 2.97. The monoisotopic (exact) mass is 672 g/mol. The van der Waals surface area contributed by atoms with Crippen LogP contribution in [0.15, 0.2) is 85.2 Å². The lowest BCUT2D eigenvalue weighted by molar-refractivity contribution is 0.0218. The molecule has 0 saturated carbocycles. The van der Waals surface area contributed by atoms with Crippen LogP contribution in [0, 0.1) is 0 Å². The molecule has 2 aromatic heterocycles. The second kappa shape index (κ2) is 13.9. The second-order valence-electron chi connectivity index (χ2n) is 14.0. The zero-order chi connectivity index (χ0) is 34.8. The molecule has 8 rings (SSSR count). The van der Waals surface area contributed by atoms with Crippen LogP contribution in [0.1, 0.15) is 70.2 Å². The van der Waals surface area contributed by atoms with Crippen molar-refractivity contribution < 1.29 is 19.4 Å². The highest BCUT2D eigenvalue weighted by molar-refractivity contribution is 5.88. The fourth-order valence-corrected chi connectivity index (χ4v) is 6.74. The number of phenolic OH excluding ortho intramolecular Hbond substituents is 1. The number of likely N-dealkylation sites (tertiary alicyclic amines) is 1. The number of nitrogens with zero attached hydrogens (tertiary/aromatic N) is 3. The van der Waals surface area contributed by atoms with Crippen molar-refractivity contribution in [1.82, 2.24) is 30.2 Å². The van der Waals surface area contributed by atoms with Crippen molar-refractivity contribution in [2.24, 2.45) is 0 Å². The first kappa shape index (κ1) is 33.2. The minimum Gasteiger partial charge on any atom is -0.508 e. The number of aromatic nitrogens is 4. The van der Waals surface area contributed by atoms with Crippen LogP contribution >= 0.6 is 0 Å². The third-order valence-electron chi connectivity index (χ3n) is 9.27. The predicted octanol–water partition coefficient (Wildman–Crippen LogP) is 8.67. The van der Waals surface area contributed by atoms with Crippen LogP contribution in [-0.4, -0.2) is 61.8 Å². The maximum atomic E-state index is 12.6. The van der Waals surface area contributed by atoms with Crippen molar-refractivity contribution in [2.45, 2.75) is 64.1 Å². The molecule has 2 aliphatic rings. The van der Waals surface area contributed by atoms with Crippen LogP contribution < -0.4 is 10.1 Å². The molecule has 1 amide bonds. The molecule has 50 heavy (non-hydrogen) atoms. The number of carbonyl (C=O) groups excluding carboxylic acids is 1. The number of ether oxygens (including phenoxy) is 2. The van der Waals surface area contributed by atoms with Crippen molar-refractivity contribution in [3.05, 3.63) is 96.8 Å². The summed E-state index contributed by atoms with van der Waals surface area (Å²) in [7, 11) is 1.67. The van der Waals surface area contributed by atoms with E-state index in [-0.39, 0.29) is 12.1 Å². The maximum absolute atomic E-state index is 12.6. The highest BCUT2D eigenvalue weighted by atomic mass is 16.6. The van der Waals surface area contributed by atoms with Gasteiger partial charge in [0, 0.05) is 17.7 Å². The smallest absolute Gasteiger partial charge is 0.410 e. The highest BCUT2D eigenvalue weighted by Crippen LogP contribution is 2.34. The maximum Gasteiger partial charge on any atom is 0.410 e. The quantitative estimate of drug-likeness (QED) is 0.144. The minimum absolute atomic E-state index is 0.0803. The number of benzene rings is 4. The number of imidazole rings is 2. The summed E-state index contributed by atoms with van der Waals surface area (Å²) in [4.78, 5) is 30.3. The van der Waals surface area contributed by atoms with Gasteiger partial charge in [-0.15, -0.1) is 0 Å². The Bertz CT molecular complexity index is 2120. The van der Waals surface area contributed by atoms with E-state index in [1.807, 2.05) is 57.4 Å². The number of aromatic hydroxyl groups is 1. The van der Waals surface area contributed by atoms with Gasteiger partial charge in [0.05, 0.1) is 43.0 Å². The Morgan fingerprint density at radius 2 is 1.42 bits per heavy atom. The van der Waals surface area contributed by atoms with Crippen LogP contribution in [0.25, 0.3) is 44.1 Å². The molecule has 2 aliphatic heterocycles. The number of hydrogen-bond acceptors (Lipinski definition) is 7. The molecule has 0 bridgehead atoms. The number of H-pyrrole nitrogens is 2. The fourth-order valence-electron chi connectivity index (χ4n) is 6.74. The Morgan fingerprint density at radius 1 is 0.800 bits per heavy atom. The van der Waals surface area contributed by atoms with Crippen LogP contribution in [-0.2, 0) is 4.74 Å². The van der Waals surface area contributed by atoms with Gasteiger partial charge < -0.3 is 29.9 Å². The molecule has 0 radical (unpaired) electrons. The van der Waals surface area contributed by atoms with Gasteiger partial charge in [-0.2, -0.15) is 0 Å². The van der Waals surface area contributed by atoms with Crippen molar-refractivity contribution in [2.75, 3.05) is 20.2 Å². The predicted molar refractivity (Wildman–Crippen MR) is 196 cm³/mol. The third-order valence-corrected chi connectivity index (χ3v) is 9.27. The van der Waals surface area contributed by atoms with E-state index in [1.165, 1.54) is 6.42 Å². The largest absolute Gasteiger partial charge is 0.508 e. The molecule has 2 atom stereocenters. The molecule has 2 saturated heterocycles.